The van der Waals surface area contributed by atoms with Crippen molar-refractivity contribution in [1.29, 1.82) is 0 Å². The van der Waals surface area contributed by atoms with E-state index in [4.69, 9.17) is 4.42 Å². The molecule has 2 heterocycles. The van der Waals surface area contributed by atoms with Crippen molar-refractivity contribution in [2.75, 3.05) is 11.9 Å². The van der Waals surface area contributed by atoms with E-state index in [9.17, 15) is 9.59 Å². The number of carbonyl (C=O) groups is 2. The van der Waals surface area contributed by atoms with E-state index in [0.717, 1.165) is 5.56 Å². The van der Waals surface area contributed by atoms with Gasteiger partial charge in [-0.25, -0.2) is 4.98 Å². The molecule has 0 saturated heterocycles. The van der Waals surface area contributed by atoms with E-state index < -0.39 is 0 Å². The van der Waals surface area contributed by atoms with Gasteiger partial charge in [-0.05, 0) is 44.2 Å². The van der Waals surface area contributed by atoms with Crippen molar-refractivity contribution in [3.8, 4) is 11.4 Å². The molecule has 0 saturated carbocycles. The Morgan fingerprint density at radius 3 is 2.56 bits per heavy atom. The lowest BCUT2D eigenvalue weighted by Crippen LogP contribution is -2.32. The SMILES string of the molecule is Cc1cc(C(=O)NCC(=O)Nc2ccc(-c3ncn[nH]3)cc2)c(C)o1. The zero-order valence-electron chi connectivity index (χ0n) is 13.8. The largest absolute Gasteiger partial charge is 0.466 e. The lowest BCUT2D eigenvalue weighted by molar-refractivity contribution is -0.115. The van der Waals surface area contributed by atoms with Crippen molar-refractivity contribution in [2.45, 2.75) is 13.8 Å². The van der Waals surface area contributed by atoms with Crippen molar-refractivity contribution in [3.05, 3.63) is 53.7 Å². The number of aryl methyl sites for hydroxylation is 2. The number of nitrogens with zero attached hydrogens (tertiary/aromatic N) is 2. The molecule has 128 valence electrons. The predicted molar refractivity (Wildman–Crippen MR) is 91.0 cm³/mol. The van der Waals surface area contributed by atoms with Crippen LogP contribution in [0.4, 0.5) is 5.69 Å². The van der Waals surface area contributed by atoms with Gasteiger partial charge in [0.25, 0.3) is 5.91 Å². The fraction of sp³-hybridized carbons (Fsp3) is 0.176. The molecule has 0 fully saturated rings. The highest BCUT2D eigenvalue weighted by atomic mass is 16.3. The maximum Gasteiger partial charge on any atom is 0.255 e. The number of aromatic nitrogens is 3. The molecule has 2 aromatic heterocycles. The molecule has 0 bridgehead atoms. The summed E-state index contributed by atoms with van der Waals surface area (Å²) in [6.07, 6.45) is 1.43. The molecular weight excluding hydrogens is 322 g/mol. The summed E-state index contributed by atoms with van der Waals surface area (Å²) in [6, 6.07) is 8.77. The first-order valence-corrected chi connectivity index (χ1v) is 7.64. The van der Waals surface area contributed by atoms with Crippen molar-refractivity contribution in [1.82, 2.24) is 20.5 Å². The zero-order chi connectivity index (χ0) is 17.8. The third-order valence-electron chi connectivity index (χ3n) is 3.55. The number of benzene rings is 1. The molecule has 0 aliphatic rings. The van der Waals surface area contributed by atoms with Gasteiger partial charge in [-0.2, -0.15) is 5.10 Å². The molecule has 0 spiro atoms. The molecule has 2 amide bonds. The van der Waals surface area contributed by atoms with E-state index in [1.54, 1.807) is 32.0 Å². The van der Waals surface area contributed by atoms with Gasteiger partial charge in [0.15, 0.2) is 5.82 Å². The Bertz CT molecular complexity index is 882. The molecule has 25 heavy (non-hydrogen) atoms. The Kier molecular flexibility index (Phi) is 4.60. The average Bonchev–Trinajstić information content (AvgIpc) is 3.23. The van der Waals surface area contributed by atoms with Gasteiger partial charge < -0.3 is 15.1 Å². The predicted octanol–water partition coefficient (Wildman–Crippen LogP) is 2.05. The van der Waals surface area contributed by atoms with Gasteiger partial charge in [-0.15, -0.1) is 0 Å². The normalized spacial score (nSPS) is 10.5. The van der Waals surface area contributed by atoms with E-state index >= 15 is 0 Å². The Morgan fingerprint density at radius 1 is 1.20 bits per heavy atom. The van der Waals surface area contributed by atoms with Gasteiger partial charge in [-0.3, -0.25) is 14.7 Å². The summed E-state index contributed by atoms with van der Waals surface area (Å²) in [5, 5.41) is 11.8. The molecule has 3 N–H and O–H groups in total. The minimum absolute atomic E-state index is 0.133. The number of aromatic amines is 1. The van der Waals surface area contributed by atoms with Crippen LogP contribution in [0.3, 0.4) is 0 Å². The standard InChI is InChI=1S/C17H17N5O3/c1-10-7-14(11(2)25-10)17(24)18-8-15(23)21-13-5-3-12(4-6-13)16-19-9-20-22-16/h3-7,9H,8H2,1-2H3,(H,18,24)(H,21,23)(H,19,20,22). The molecule has 0 aliphatic carbocycles. The minimum atomic E-state index is -0.342. The molecule has 1 aromatic carbocycles. The lowest BCUT2D eigenvalue weighted by atomic mass is 10.2. The van der Waals surface area contributed by atoms with Crippen molar-refractivity contribution >= 4 is 17.5 Å². The summed E-state index contributed by atoms with van der Waals surface area (Å²) >= 11 is 0. The topological polar surface area (TPSA) is 113 Å². The van der Waals surface area contributed by atoms with Crippen LogP contribution in [0.1, 0.15) is 21.9 Å². The first-order chi connectivity index (χ1) is 12.0. The number of hydrogen-bond donors (Lipinski definition) is 3. The first-order valence-electron chi connectivity index (χ1n) is 7.64. The fourth-order valence-electron chi connectivity index (χ4n) is 2.37. The van der Waals surface area contributed by atoms with Gasteiger partial charge in [0.2, 0.25) is 5.91 Å². The van der Waals surface area contributed by atoms with Crippen LogP contribution in [0.25, 0.3) is 11.4 Å². The third-order valence-corrected chi connectivity index (χ3v) is 3.55. The number of hydrogen-bond acceptors (Lipinski definition) is 5. The zero-order valence-corrected chi connectivity index (χ0v) is 13.8. The molecular formula is C17H17N5O3. The highest BCUT2D eigenvalue weighted by molar-refractivity contribution is 5.99. The van der Waals surface area contributed by atoms with E-state index in [0.29, 0.717) is 28.6 Å². The summed E-state index contributed by atoms with van der Waals surface area (Å²) in [5.74, 6) is 1.16. The van der Waals surface area contributed by atoms with E-state index in [-0.39, 0.29) is 18.4 Å². The van der Waals surface area contributed by atoms with Gasteiger partial charge in [0.05, 0.1) is 12.1 Å². The smallest absolute Gasteiger partial charge is 0.255 e. The van der Waals surface area contributed by atoms with Crippen LogP contribution < -0.4 is 10.6 Å². The second-order valence-electron chi connectivity index (χ2n) is 5.47. The van der Waals surface area contributed by atoms with Crippen LogP contribution in [0.5, 0.6) is 0 Å². The molecule has 8 heteroatoms. The Balaban J connectivity index is 1.54. The second kappa shape index (κ2) is 7.00. The number of furan rings is 1. The monoisotopic (exact) mass is 339 g/mol. The number of amides is 2. The third kappa shape index (κ3) is 3.92. The molecule has 3 aromatic rings. The molecule has 0 aliphatic heterocycles. The number of anilines is 1. The lowest BCUT2D eigenvalue weighted by Gasteiger charge is -2.07. The number of nitrogens with one attached hydrogen (secondary N) is 3. The maximum atomic E-state index is 12.0. The Morgan fingerprint density at radius 2 is 1.96 bits per heavy atom. The van der Waals surface area contributed by atoms with Crippen molar-refractivity contribution in [3.63, 3.8) is 0 Å². The highest BCUT2D eigenvalue weighted by Gasteiger charge is 2.14. The Hall–Kier alpha value is -3.42. The van der Waals surface area contributed by atoms with Crippen LogP contribution in [0.15, 0.2) is 41.1 Å². The number of rotatable bonds is 5. The molecule has 8 nitrogen and oxygen atoms in total. The van der Waals surface area contributed by atoms with Crippen LogP contribution >= 0.6 is 0 Å². The average molecular weight is 339 g/mol. The van der Waals surface area contributed by atoms with Crippen LogP contribution in [0, 0.1) is 13.8 Å². The van der Waals surface area contributed by atoms with Crippen LogP contribution in [-0.2, 0) is 4.79 Å². The summed E-state index contributed by atoms with van der Waals surface area (Å²) in [6.45, 7) is 3.34. The highest BCUT2D eigenvalue weighted by Crippen LogP contribution is 2.17. The number of carbonyl (C=O) groups excluding carboxylic acids is 2. The molecule has 0 unspecified atom stereocenters. The van der Waals surface area contributed by atoms with Crippen LogP contribution in [-0.4, -0.2) is 33.5 Å². The first kappa shape index (κ1) is 16.4. The Labute approximate surface area is 143 Å². The number of H-pyrrole nitrogens is 1. The molecule has 0 atom stereocenters. The van der Waals surface area contributed by atoms with E-state index in [2.05, 4.69) is 25.8 Å². The van der Waals surface area contributed by atoms with E-state index in [1.165, 1.54) is 6.33 Å². The van der Waals surface area contributed by atoms with Crippen LogP contribution in [0.2, 0.25) is 0 Å². The van der Waals surface area contributed by atoms with Gasteiger partial charge in [0.1, 0.15) is 17.8 Å². The maximum absolute atomic E-state index is 12.0. The second-order valence-corrected chi connectivity index (χ2v) is 5.47. The summed E-state index contributed by atoms with van der Waals surface area (Å²) in [7, 11) is 0. The van der Waals surface area contributed by atoms with Gasteiger partial charge in [-0.1, -0.05) is 0 Å². The van der Waals surface area contributed by atoms with E-state index in [1.807, 2.05) is 12.1 Å². The van der Waals surface area contributed by atoms with Gasteiger partial charge in [0, 0.05) is 11.3 Å². The fourth-order valence-corrected chi connectivity index (χ4v) is 2.37. The molecule has 3 rings (SSSR count). The van der Waals surface area contributed by atoms with Crippen molar-refractivity contribution in [2.24, 2.45) is 0 Å². The summed E-state index contributed by atoms with van der Waals surface area (Å²) in [4.78, 5) is 28.1. The summed E-state index contributed by atoms with van der Waals surface area (Å²) in [5.41, 5.74) is 1.91. The summed E-state index contributed by atoms with van der Waals surface area (Å²) < 4.78 is 5.31. The van der Waals surface area contributed by atoms with Crippen molar-refractivity contribution < 1.29 is 14.0 Å². The minimum Gasteiger partial charge on any atom is -0.466 e. The van der Waals surface area contributed by atoms with Gasteiger partial charge >= 0.3 is 0 Å². The molecule has 0 radical (unpaired) electrons. The quantitative estimate of drug-likeness (QED) is 0.658.